The zero-order valence-electron chi connectivity index (χ0n) is 15.6. The van der Waals surface area contributed by atoms with Gasteiger partial charge in [-0.1, -0.05) is 11.6 Å². The molecule has 0 saturated carbocycles. The quantitative estimate of drug-likeness (QED) is 0.642. The van der Waals surface area contributed by atoms with Crippen molar-refractivity contribution in [1.82, 2.24) is 19.9 Å². The number of nitrogens with one attached hydrogen (secondary N) is 1. The summed E-state index contributed by atoms with van der Waals surface area (Å²) >= 11 is 7.74. The molecule has 2 aromatic heterocycles. The Morgan fingerprint density at radius 2 is 1.96 bits per heavy atom. The Morgan fingerprint density at radius 3 is 2.68 bits per heavy atom. The maximum absolute atomic E-state index is 6.08. The fraction of sp³-hybridized carbons (Fsp3) is 0.250. The molecule has 0 unspecified atom stereocenters. The zero-order chi connectivity index (χ0) is 19.5. The number of piperazine rings is 1. The molecule has 3 aromatic rings. The van der Waals surface area contributed by atoms with Crippen molar-refractivity contribution in [2.45, 2.75) is 6.92 Å². The summed E-state index contributed by atoms with van der Waals surface area (Å²) in [7, 11) is 0. The van der Waals surface area contributed by atoms with E-state index in [4.69, 9.17) is 21.6 Å². The molecule has 4 rings (SSSR count). The number of rotatable bonds is 5. The van der Waals surface area contributed by atoms with Crippen LogP contribution in [0.3, 0.4) is 0 Å². The lowest BCUT2D eigenvalue weighted by Gasteiger charge is -2.26. The fourth-order valence-electron chi connectivity index (χ4n) is 3.25. The number of aromatic nitrogens is 3. The highest BCUT2D eigenvalue weighted by Gasteiger charge is 2.20. The Hall–Kier alpha value is -2.48. The number of anilines is 1. The lowest BCUT2D eigenvalue weighted by atomic mass is 10.2. The molecule has 0 atom stereocenters. The summed E-state index contributed by atoms with van der Waals surface area (Å²) in [5.41, 5.74) is 3.71. The number of benzene rings is 1. The fourth-order valence-corrected chi connectivity index (χ4v) is 4.23. The van der Waals surface area contributed by atoms with Crippen molar-refractivity contribution in [2.24, 2.45) is 4.99 Å². The molecule has 8 heteroatoms. The van der Waals surface area contributed by atoms with Crippen LogP contribution >= 0.6 is 22.9 Å². The highest BCUT2D eigenvalue weighted by Crippen LogP contribution is 2.31. The predicted molar refractivity (Wildman–Crippen MR) is 118 cm³/mol. The number of thiazole rings is 1. The van der Waals surface area contributed by atoms with Crippen LogP contribution in [-0.2, 0) is 0 Å². The summed E-state index contributed by atoms with van der Waals surface area (Å²) in [5.74, 6) is 0.807. The first-order valence-electron chi connectivity index (χ1n) is 9.06. The Kier molecular flexibility index (Phi) is 5.57. The highest BCUT2D eigenvalue weighted by molar-refractivity contribution is 7.14. The minimum absolute atomic E-state index is 0.702. The van der Waals surface area contributed by atoms with Gasteiger partial charge in [-0.3, -0.25) is 9.56 Å². The van der Waals surface area contributed by atoms with Gasteiger partial charge in [0.1, 0.15) is 5.69 Å². The number of hydrogen-bond donors (Lipinski definition) is 1. The largest absolute Gasteiger partial charge is 0.346 e. The lowest BCUT2D eigenvalue weighted by molar-refractivity contribution is 0.588. The van der Waals surface area contributed by atoms with Crippen LogP contribution in [0.15, 0.2) is 40.8 Å². The molecule has 1 aromatic carbocycles. The summed E-state index contributed by atoms with van der Waals surface area (Å²) in [6.45, 7) is 9.45. The normalized spacial score (nSPS) is 14.7. The second kappa shape index (κ2) is 8.26. The minimum Gasteiger partial charge on any atom is -0.346 e. The van der Waals surface area contributed by atoms with Crippen molar-refractivity contribution in [3.8, 4) is 17.2 Å². The molecule has 1 fully saturated rings. The Bertz CT molecular complexity index is 998. The van der Waals surface area contributed by atoms with Gasteiger partial charge in [0, 0.05) is 54.2 Å². The van der Waals surface area contributed by atoms with Gasteiger partial charge >= 0.3 is 0 Å². The molecule has 28 heavy (non-hydrogen) atoms. The van der Waals surface area contributed by atoms with E-state index >= 15 is 0 Å². The van der Waals surface area contributed by atoms with Gasteiger partial charge in [0.05, 0.1) is 5.69 Å². The first-order chi connectivity index (χ1) is 13.7. The Morgan fingerprint density at radius 1 is 1.21 bits per heavy atom. The van der Waals surface area contributed by atoms with Gasteiger partial charge in [-0.2, -0.15) is 0 Å². The predicted octanol–water partition coefficient (Wildman–Crippen LogP) is 4.04. The van der Waals surface area contributed by atoms with Crippen molar-refractivity contribution in [3.63, 3.8) is 0 Å². The maximum Gasteiger partial charge on any atom is 0.186 e. The molecule has 0 radical (unpaired) electrons. The maximum atomic E-state index is 6.08. The van der Waals surface area contributed by atoms with E-state index in [0.29, 0.717) is 5.02 Å². The van der Waals surface area contributed by atoms with Gasteiger partial charge in [0.2, 0.25) is 0 Å². The molecule has 0 aliphatic carbocycles. The number of halogens is 1. The molecule has 1 N–H and O–H groups in total. The molecule has 1 saturated heterocycles. The number of hydrogen-bond acceptors (Lipinski definition) is 6. The van der Waals surface area contributed by atoms with Gasteiger partial charge in [-0.25, -0.2) is 9.97 Å². The molecule has 1 aliphatic heterocycles. The van der Waals surface area contributed by atoms with Crippen molar-refractivity contribution in [2.75, 3.05) is 31.1 Å². The van der Waals surface area contributed by atoms with Crippen LogP contribution in [0.2, 0.25) is 5.02 Å². The zero-order valence-corrected chi connectivity index (χ0v) is 17.2. The topological polar surface area (TPSA) is 58.3 Å². The van der Waals surface area contributed by atoms with E-state index in [9.17, 15) is 0 Å². The summed E-state index contributed by atoms with van der Waals surface area (Å²) in [6.07, 6.45) is 3.51. The van der Waals surface area contributed by atoms with E-state index in [2.05, 4.69) is 31.9 Å². The second-order valence-electron chi connectivity index (χ2n) is 6.47. The molecule has 3 heterocycles. The van der Waals surface area contributed by atoms with Gasteiger partial charge < -0.3 is 10.2 Å². The SMILES string of the molecule is C=N/C=C\c1nc(-c2csc(N3CCNCC3)n2)n(-c2ccc(Cl)cc2)c1C. The van der Waals surface area contributed by atoms with Gasteiger partial charge in [-0.15, -0.1) is 11.3 Å². The van der Waals surface area contributed by atoms with Crippen molar-refractivity contribution in [1.29, 1.82) is 0 Å². The van der Waals surface area contributed by atoms with Crippen LogP contribution in [0, 0.1) is 6.92 Å². The van der Waals surface area contributed by atoms with Crippen LogP contribution in [0.4, 0.5) is 5.13 Å². The highest BCUT2D eigenvalue weighted by atomic mass is 35.5. The van der Waals surface area contributed by atoms with Gasteiger partial charge in [0.25, 0.3) is 0 Å². The van der Waals surface area contributed by atoms with E-state index in [1.807, 2.05) is 37.3 Å². The molecule has 0 bridgehead atoms. The van der Waals surface area contributed by atoms with E-state index in [1.54, 1.807) is 17.5 Å². The van der Waals surface area contributed by atoms with E-state index in [0.717, 1.165) is 59.9 Å². The lowest BCUT2D eigenvalue weighted by Crippen LogP contribution is -2.43. The third kappa shape index (κ3) is 3.73. The summed E-state index contributed by atoms with van der Waals surface area (Å²) in [6, 6.07) is 7.74. The van der Waals surface area contributed by atoms with Crippen LogP contribution < -0.4 is 10.2 Å². The first-order valence-corrected chi connectivity index (χ1v) is 10.3. The molecule has 0 amide bonds. The Labute approximate surface area is 173 Å². The van der Waals surface area contributed by atoms with E-state index < -0.39 is 0 Å². The average Bonchev–Trinajstić information content (AvgIpc) is 3.33. The van der Waals surface area contributed by atoms with E-state index in [-0.39, 0.29) is 0 Å². The monoisotopic (exact) mass is 412 g/mol. The minimum atomic E-state index is 0.702. The van der Waals surface area contributed by atoms with Crippen LogP contribution in [0.5, 0.6) is 0 Å². The molecule has 6 nitrogen and oxygen atoms in total. The number of imidazole rings is 1. The third-order valence-corrected chi connectivity index (χ3v) is 5.83. The molecular weight excluding hydrogens is 392 g/mol. The molecule has 0 spiro atoms. The molecular formula is C20H21ClN6S. The third-order valence-electron chi connectivity index (χ3n) is 4.68. The van der Waals surface area contributed by atoms with Crippen LogP contribution in [0.1, 0.15) is 11.4 Å². The smallest absolute Gasteiger partial charge is 0.186 e. The van der Waals surface area contributed by atoms with E-state index in [1.165, 1.54) is 0 Å². The molecule has 1 aliphatic rings. The van der Waals surface area contributed by atoms with Crippen molar-refractivity contribution < 1.29 is 0 Å². The summed E-state index contributed by atoms with van der Waals surface area (Å²) in [4.78, 5) is 15.9. The Balaban J connectivity index is 1.79. The van der Waals surface area contributed by atoms with Gasteiger partial charge in [0.15, 0.2) is 11.0 Å². The van der Waals surface area contributed by atoms with Crippen molar-refractivity contribution in [3.05, 3.63) is 52.3 Å². The van der Waals surface area contributed by atoms with Gasteiger partial charge in [-0.05, 0) is 44.0 Å². The number of aliphatic imine (C=N–C) groups is 1. The summed E-state index contributed by atoms with van der Waals surface area (Å²) in [5, 5.41) is 7.18. The first kappa shape index (κ1) is 18.9. The standard InChI is InChI=1S/C20H21ClN6S/c1-14-17(7-8-22-2)24-19(27(14)16-5-3-15(21)4-6-16)18-13-28-20(25-18)26-11-9-23-10-12-26/h3-8,13,23H,2,9-12H2,1H3/b8-7-. The molecule has 144 valence electrons. The van der Waals surface area contributed by atoms with Crippen molar-refractivity contribution >= 4 is 40.9 Å². The van der Waals surface area contributed by atoms with Crippen LogP contribution in [0.25, 0.3) is 23.3 Å². The second-order valence-corrected chi connectivity index (χ2v) is 7.74. The summed E-state index contributed by atoms with van der Waals surface area (Å²) < 4.78 is 2.11. The van der Waals surface area contributed by atoms with Crippen LogP contribution in [-0.4, -0.2) is 47.4 Å². The number of nitrogens with zero attached hydrogens (tertiary/aromatic N) is 5. The average molecular weight is 413 g/mol.